The molecule has 0 amide bonds. The minimum Gasteiger partial charge on any atom is -0.386 e. The fraction of sp³-hybridized carbons (Fsp3) is 0.667. The van der Waals surface area contributed by atoms with Crippen LogP contribution in [0.25, 0.3) is 0 Å². The van der Waals surface area contributed by atoms with Gasteiger partial charge in [-0.1, -0.05) is 6.07 Å². The molecule has 2 heterocycles. The predicted octanol–water partition coefficient (Wildman–Crippen LogP) is 1.94. The molecule has 3 unspecified atom stereocenters. The maximum absolute atomic E-state index is 9.98. The summed E-state index contributed by atoms with van der Waals surface area (Å²) in [6, 6.07) is 3.93. The van der Waals surface area contributed by atoms with E-state index in [1.807, 2.05) is 17.5 Å². The highest BCUT2D eigenvalue weighted by Crippen LogP contribution is 2.26. The molecule has 0 saturated carbocycles. The van der Waals surface area contributed by atoms with Crippen molar-refractivity contribution >= 4 is 11.3 Å². The van der Waals surface area contributed by atoms with Crippen LogP contribution in [0.15, 0.2) is 17.5 Å². The standard InChI is InChI=1S/C12H19NO2S/c1-9-12(2,5-6-15-9)13-8-10(14)11-4-3-7-16-11/h3-4,7,9-10,13-14H,5-6,8H2,1-2H3. The van der Waals surface area contributed by atoms with E-state index >= 15 is 0 Å². The third-order valence-electron chi connectivity index (χ3n) is 3.46. The van der Waals surface area contributed by atoms with Gasteiger partial charge in [0, 0.05) is 23.6 Å². The highest BCUT2D eigenvalue weighted by molar-refractivity contribution is 7.10. The van der Waals surface area contributed by atoms with E-state index in [4.69, 9.17) is 4.74 Å². The third-order valence-corrected chi connectivity index (χ3v) is 4.43. The number of aliphatic hydroxyl groups is 1. The van der Waals surface area contributed by atoms with Gasteiger partial charge in [-0.3, -0.25) is 0 Å². The van der Waals surface area contributed by atoms with Crippen LogP contribution in [0.3, 0.4) is 0 Å². The van der Waals surface area contributed by atoms with E-state index in [-0.39, 0.29) is 11.6 Å². The lowest BCUT2D eigenvalue weighted by molar-refractivity contribution is 0.0804. The van der Waals surface area contributed by atoms with Gasteiger partial charge in [0.2, 0.25) is 0 Å². The average Bonchev–Trinajstić information content (AvgIpc) is 2.87. The number of aliphatic hydroxyl groups excluding tert-OH is 1. The van der Waals surface area contributed by atoms with E-state index in [0.29, 0.717) is 6.54 Å². The van der Waals surface area contributed by atoms with Crippen LogP contribution >= 0.6 is 11.3 Å². The Kier molecular flexibility index (Phi) is 3.64. The molecule has 3 nitrogen and oxygen atoms in total. The quantitative estimate of drug-likeness (QED) is 0.846. The molecule has 0 radical (unpaired) electrons. The topological polar surface area (TPSA) is 41.5 Å². The number of rotatable bonds is 4. The number of nitrogens with one attached hydrogen (secondary N) is 1. The van der Waals surface area contributed by atoms with Crippen LogP contribution in [0.5, 0.6) is 0 Å². The number of ether oxygens (including phenoxy) is 1. The van der Waals surface area contributed by atoms with Gasteiger partial charge >= 0.3 is 0 Å². The number of hydrogen-bond donors (Lipinski definition) is 2. The molecule has 0 aromatic carbocycles. The second-order valence-corrected chi connectivity index (χ2v) is 5.57. The second-order valence-electron chi connectivity index (χ2n) is 4.59. The van der Waals surface area contributed by atoms with Gasteiger partial charge in [-0.15, -0.1) is 11.3 Å². The summed E-state index contributed by atoms with van der Waals surface area (Å²) in [6.07, 6.45) is 0.804. The smallest absolute Gasteiger partial charge is 0.101 e. The molecule has 1 aromatic rings. The second kappa shape index (κ2) is 4.84. The molecule has 90 valence electrons. The van der Waals surface area contributed by atoms with Gasteiger partial charge in [0.1, 0.15) is 6.10 Å². The molecule has 0 spiro atoms. The first-order valence-electron chi connectivity index (χ1n) is 5.70. The molecule has 0 aliphatic carbocycles. The summed E-state index contributed by atoms with van der Waals surface area (Å²) < 4.78 is 5.55. The lowest BCUT2D eigenvalue weighted by Crippen LogP contribution is -2.49. The molecule has 2 N–H and O–H groups in total. The maximum Gasteiger partial charge on any atom is 0.101 e. The summed E-state index contributed by atoms with van der Waals surface area (Å²) in [4.78, 5) is 1.02. The first-order chi connectivity index (χ1) is 7.62. The Morgan fingerprint density at radius 2 is 2.56 bits per heavy atom. The van der Waals surface area contributed by atoms with Crippen molar-refractivity contribution in [2.75, 3.05) is 13.2 Å². The van der Waals surface area contributed by atoms with E-state index in [0.717, 1.165) is 17.9 Å². The molecule has 4 heteroatoms. The molecular formula is C12H19NO2S. The van der Waals surface area contributed by atoms with Gasteiger partial charge in [0.05, 0.1) is 6.10 Å². The van der Waals surface area contributed by atoms with Gasteiger partial charge < -0.3 is 15.2 Å². The predicted molar refractivity (Wildman–Crippen MR) is 65.7 cm³/mol. The SMILES string of the molecule is CC1OCCC1(C)NCC(O)c1cccs1. The van der Waals surface area contributed by atoms with Crippen LogP contribution in [-0.2, 0) is 4.74 Å². The van der Waals surface area contributed by atoms with Crippen LogP contribution in [-0.4, -0.2) is 29.9 Å². The summed E-state index contributed by atoms with van der Waals surface area (Å²) >= 11 is 1.59. The molecule has 3 atom stereocenters. The number of β-amino-alcohol motifs (C(OH)–C–C–N with tert-alkyl or cyclic N) is 1. The Hall–Kier alpha value is -0.420. The van der Waals surface area contributed by atoms with Crippen molar-refractivity contribution in [3.8, 4) is 0 Å². The van der Waals surface area contributed by atoms with Crippen LogP contribution in [0.4, 0.5) is 0 Å². The van der Waals surface area contributed by atoms with Gasteiger partial charge in [0.15, 0.2) is 0 Å². The highest BCUT2D eigenvalue weighted by atomic mass is 32.1. The lowest BCUT2D eigenvalue weighted by Gasteiger charge is -2.30. The summed E-state index contributed by atoms with van der Waals surface area (Å²) in [7, 11) is 0. The Labute approximate surface area is 100 Å². The zero-order chi connectivity index (χ0) is 11.6. The molecule has 1 aromatic heterocycles. The Morgan fingerprint density at radius 1 is 1.75 bits per heavy atom. The van der Waals surface area contributed by atoms with Crippen molar-refractivity contribution in [2.45, 2.75) is 38.0 Å². The van der Waals surface area contributed by atoms with Gasteiger partial charge in [0.25, 0.3) is 0 Å². The molecular weight excluding hydrogens is 222 g/mol. The highest BCUT2D eigenvalue weighted by Gasteiger charge is 2.36. The molecule has 1 aliphatic rings. The van der Waals surface area contributed by atoms with Crippen molar-refractivity contribution in [3.63, 3.8) is 0 Å². The largest absolute Gasteiger partial charge is 0.386 e. The van der Waals surface area contributed by atoms with Gasteiger partial charge in [-0.05, 0) is 31.7 Å². The van der Waals surface area contributed by atoms with E-state index in [2.05, 4.69) is 19.2 Å². The number of thiophene rings is 1. The number of hydrogen-bond acceptors (Lipinski definition) is 4. The minimum atomic E-state index is -0.412. The molecule has 0 bridgehead atoms. The first-order valence-corrected chi connectivity index (χ1v) is 6.58. The fourth-order valence-corrected chi connectivity index (χ4v) is 2.69. The van der Waals surface area contributed by atoms with E-state index in [1.54, 1.807) is 11.3 Å². The minimum absolute atomic E-state index is 0.00175. The Bertz CT molecular complexity index is 328. The zero-order valence-electron chi connectivity index (χ0n) is 9.77. The third kappa shape index (κ3) is 2.46. The van der Waals surface area contributed by atoms with Crippen LogP contribution in [0.2, 0.25) is 0 Å². The van der Waals surface area contributed by atoms with Gasteiger partial charge in [-0.2, -0.15) is 0 Å². The summed E-state index contributed by atoms with van der Waals surface area (Å²) in [6.45, 7) is 5.63. The van der Waals surface area contributed by atoms with Crippen LogP contribution in [0.1, 0.15) is 31.2 Å². The lowest BCUT2D eigenvalue weighted by atomic mass is 9.94. The van der Waals surface area contributed by atoms with E-state index in [1.165, 1.54) is 0 Å². The summed E-state index contributed by atoms with van der Waals surface area (Å²) in [5.41, 5.74) is -0.00175. The molecule has 1 fully saturated rings. The van der Waals surface area contributed by atoms with Crippen LogP contribution in [0, 0.1) is 0 Å². The van der Waals surface area contributed by atoms with Crippen molar-refractivity contribution in [3.05, 3.63) is 22.4 Å². The average molecular weight is 241 g/mol. The van der Waals surface area contributed by atoms with E-state index < -0.39 is 6.10 Å². The van der Waals surface area contributed by atoms with Crippen molar-refractivity contribution < 1.29 is 9.84 Å². The maximum atomic E-state index is 9.98. The summed E-state index contributed by atoms with van der Waals surface area (Å²) in [5.74, 6) is 0. The van der Waals surface area contributed by atoms with Crippen LogP contribution < -0.4 is 5.32 Å². The molecule has 2 rings (SSSR count). The molecule has 1 saturated heterocycles. The molecule has 16 heavy (non-hydrogen) atoms. The zero-order valence-corrected chi connectivity index (χ0v) is 10.6. The van der Waals surface area contributed by atoms with Crippen molar-refractivity contribution in [1.29, 1.82) is 0 Å². The van der Waals surface area contributed by atoms with E-state index in [9.17, 15) is 5.11 Å². The first kappa shape index (κ1) is 12.0. The molecule has 1 aliphatic heterocycles. The van der Waals surface area contributed by atoms with Crippen molar-refractivity contribution in [2.24, 2.45) is 0 Å². The fourth-order valence-electron chi connectivity index (χ4n) is 1.98. The normalized spacial score (nSPS) is 31.8. The monoisotopic (exact) mass is 241 g/mol. The Balaban J connectivity index is 1.87. The Morgan fingerprint density at radius 3 is 3.12 bits per heavy atom. The summed E-state index contributed by atoms with van der Waals surface area (Å²) in [5, 5.41) is 15.4. The van der Waals surface area contributed by atoms with Crippen molar-refractivity contribution in [1.82, 2.24) is 5.32 Å². The van der Waals surface area contributed by atoms with Gasteiger partial charge in [-0.25, -0.2) is 0 Å².